The molecule has 1 heterocycles. The van der Waals surface area contributed by atoms with Crippen molar-refractivity contribution in [1.82, 2.24) is 26.3 Å². The molecule has 4 rings (SSSR count). The van der Waals surface area contributed by atoms with E-state index in [0.717, 1.165) is 10.8 Å². The zero-order valence-electron chi connectivity index (χ0n) is 38.7. The minimum atomic E-state index is -3.99. The number of esters is 2. The summed E-state index contributed by atoms with van der Waals surface area (Å²) in [5, 5.41) is 12.3. The SMILES string of the molecule is CC(C)[C@H](NC(=O)[C@H](CCc1ccc2ccccc2n1)NC(=O)[C@H](CC(=O)OC(C)(C)C)NC(=O)OCc1ccccc1)C(=O)N[C@H](/C=C/S(=O)(=O)c1ccccc1)CC(=O)OC(C)(C)C. The fourth-order valence-electron chi connectivity index (χ4n) is 6.43. The average molecular weight is 928 g/mol. The van der Waals surface area contributed by atoms with Crippen LogP contribution in [0.5, 0.6) is 0 Å². The predicted octanol–water partition coefficient (Wildman–Crippen LogP) is 6.02. The Morgan fingerprint density at radius 1 is 0.652 bits per heavy atom. The van der Waals surface area contributed by atoms with Gasteiger partial charge in [-0.05, 0) is 96.2 Å². The average Bonchev–Trinajstić information content (AvgIpc) is 3.24. The Morgan fingerprint density at radius 2 is 1.23 bits per heavy atom. The van der Waals surface area contributed by atoms with E-state index in [4.69, 9.17) is 19.2 Å². The van der Waals surface area contributed by atoms with Crippen molar-refractivity contribution in [3.05, 3.63) is 120 Å². The first-order chi connectivity index (χ1) is 31.0. The lowest BCUT2D eigenvalue weighted by Gasteiger charge is -2.28. The molecule has 0 saturated heterocycles. The summed E-state index contributed by atoms with van der Waals surface area (Å²) >= 11 is 0. The summed E-state index contributed by atoms with van der Waals surface area (Å²) in [5.41, 5.74) is 0.165. The van der Waals surface area contributed by atoms with Crippen LogP contribution in [0.2, 0.25) is 0 Å². The monoisotopic (exact) mass is 927 g/mol. The van der Waals surface area contributed by atoms with Crippen LogP contribution in [-0.2, 0) is 61.0 Å². The van der Waals surface area contributed by atoms with Gasteiger partial charge in [-0.1, -0.05) is 86.6 Å². The minimum Gasteiger partial charge on any atom is -0.460 e. The number of amides is 4. The molecule has 0 radical (unpaired) electrons. The smallest absolute Gasteiger partial charge is 0.408 e. The number of aromatic nitrogens is 1. The maximum Gasteiger partial charge on any atom is 0.408 e. The fourth-order valence-corrected chi connectivity index (χ4v) is 7.52. The molecular formula is C49H61N5O11S. The molecule has 4 N–H and O–H groups in total. The van der Waals surface area contributed by atoms with E-state index in [1.807, 2.05) is 30.3 Å². The molecule has 0 aliphatic carbocycles. The van der Waals surface area contributed by atoms with Crippen molar-refractivity contribution in [2.24, 2.45) is 5.92 Å². The highest BCUT2D eigenvalue weighted by molar-refractivity contribution is 7.94. The van der Waals surface area contributed by atoms with E-state index in [1.165, 1.54) is 18.2 Å². The number of alkyl carbamates (subject to hydrolysis) is 1. The van der Waals surface area contributed by atoms with Crippen molar-refractivity contribution < 1.29 is 51.4 Å². The molecule has 0 bridgehead atoms. The van der Waals surface area contributed by atoms with Crippen LogP contribution in [0.1, 0.15) is 85.9 Å². The third kappa shape index (κ3) is 17.7. The van der Waals surface area contributed by atoms with E-state index in [0.29, 0.717) is 16.8 Å². The summed E-state index contributed by atoms with van der Waals surface area (Å²) in [6.45, 7) is 13.1. The number of pyridine rings is 1. The van der Waals surface area contributed by atoms with Gasteiger partial charge in [-0.15, -0.1) is 0 Å². The number of para-hydroxylation sites is 1. The van der Waals surface area contributed by atoms with Gasteiger partial charge in [0.1, 0.15) is 35.9 Å². The highest BCUT2D eigenvalue weighted by atomic mass is 32.2. The Labute approximate surface area is 386 Å². The number of hydrogen-bond donors (Lipinski definition) is 4. The molecule has 0 unspecified atom stereocenters. The number of carbonyl (C=O) groups excluding carboxylic acids is 6. The van der Waals surface area contributed by atoms with E-state index in [9.17, 15) is 37.2 Å². The van der Waals surface area contributed by atoms with Gasteiger partial charge in [0.05, 0.1) is 29.3 Å². The third-order valence-corrected chi connectivity index (χ3v) is 11.0. The van der Waals surface area contributed by atoms with Crippen LogP contribution >= 0.6 is 0 Å². The maximum absolute atomic E-state index is 14.4. The highest BCUT2D eigenvalue weighted by Gasteiger charge is 2.34. The normalized spacial score (nSPS) is 13.8. The predicted molar refractivity (Wildman–Crippen MR) is 248 cm³/mol. The summed E-state index contributed by atoms with van der Waals surface area (Å²) in [5.74, 6) is -4.59. The first-order valence-electron chi connectivity index (χ1n) is 21.6. The number of sulfone groups is 1. The lowest BCUT2D eigenvalue weighted by Crippen LogP contribution is -2.58. The van der Waals surface area contributed by atoms with Crippen molar-refractivity contribution in [2.45, 2.75) is 128 Å². The number of fused-ring (bicyclic) bond motifs is 1. The van der Waals surface area contributed by atoms with Gasteiger partial charge in [0, 0.05) is 16.5 Å². The maximum atomic E-state index is 14.4. The van der Waals surface area contributed by atoms with Gasteiger partial charge in [-0.3, -0.25) is 29.0 Å². The summed E-state index contributed by atoms with van der Waals surface area (Å²) < 4.78 is 42.6. The Hall–Kier alpha value is -6.62. The standard InChI is InChI=1S/C49H61N5O11S/c1-32(2)43(46(59)51-36(29-41(55)64-48(3,4)5)27-28-66(61,62)37-20-13-10-14-21-37)54-44(57)39(26-25-35-24-23-34-19-15-16-22-38(34)50-35)52-45(58)40(30-42(56)65-49(6,7)8)53-47(60)63-31-33-17-11-9-12-18-33/h9-24,27-28,32,36,39-40,43H,25-26,29-31H2,1-8H3,(H,51,59)(H,52,58)(H,53,60)(H,54,57)/b28-27+/t36-,39+,40+,43+/m1/s1. The van der Waals surface area contributed by atoms with Crippen molar-refractivity contribution in [1.29, 1.82) is 0 Å². The molecule has 0 spiro atoms. The van der Waals surface area contributed by atoms with Crippen molar-refractivity contribution in [2.75, 3.05) is 0 Å². The van der Waals surface area contributed by atoms with Crippen LogP contribution in [0.4, 0.5) is 4.79 Å². The lowest BCUT2D eigenvalue weighted by atomic mass is 10.0. The summed E-state index contributed by atoms with van der Waals surface area (Å²) in [6.07, 6.45) is -0.774. The molecule has 4 aromatic rings. The van der Waals surface area contributed by atoms with Crippen LogP contribution in [0, 0.1) is 5.92 Å². The van der Waals surface area contributed by atoms with Crippen molar-refractivity contribution in [3.8, 4) is 0 Å². The molecule has 0 fully saturated rings. The molecule has 4 amide bonds. The van der Waals surface area contributed by atoms with E-state index >= 15 is 0 Å². The zero-order chi connectivity index (χ0) is 48.7. The van der Waals surface area contributed by atoms with Crippen LogP contribution in [-0.4, -0.2) is 84.5 Å². The number of benzene rings is 3. The summed E-state index contributed by atoms with van der Waals surface area (Å²) in [6, 6.07) is 22.1. The van der Waals surface area contributed by atoms with E-state index < -0.39 is 99.7 Å². The second-order valence-electron chi connectivity index (χ2n) is 18.0. The van der Waals surface area contributed by atoms with Gasteiger partial charge in [-0.2, -0.15) is 0 Å². The summed E-state index contributed by atoms with van der Waals surface area (Å²) in [4.78, 5) is 86.5. The van der Waals surface area contributed by atoms with Crippen LogP contribution in [0.25, 0.3) is 10.9 Å². The largest absolute Gasteiger partial charge is 0.460 e. The van der Waals surface area contributed by atoms with Gasteiger partial charge < -0.3 is 35.5 Å². The molecule has 3 aromatic carbocycles. The fraction of sp³-hybridized carbons (Fsp3) is 0.408. The molecule has 1 aromatic heterocycles. The number of rotatable bonds is 20. The molecule has 0 aliphatic rings. The second-order valence-corrected chi connectivity index (χ2v) is 19.8. The number of nitrogens with one attached hydrogen (secondary N) is 4. The molecule has 66 heavy (non-hydrogen) atoms. The van der Waals surface area contributed by atoms with E-state index in [2.05, 4.69) is 21.3 Å². The minimum absolute atomic E-state index is 0.00416. The molecular weight excluding hydrogens is 867 g/mol. The number of aryl methyl sites for hydroxylation is 1. The highest BCUT2D eigenvalue weighted by Crippen LogP contribution is 2.17. The number of ether oxygens (including phenoxy) is 3. The molecule has 0 saturated carbocycles. The number of hydrogen-bond acceptors (Lipinski definition) is 12. The molecule has 16 nitrogen and oxygen atoms in total. The Balaban J connectivity index is 1.62. The van der Waals surface area contributed by atoms with E-state index in [1.54, 1.807) is 110 Å². The van der Waals surface area contributed by atoms with Crippen molar-refractivity contribution >= 4 is 56.5 Å². The van der Waals surface area contributed by atoms with Gasteiger partial charge in [0.2, 0.25) is 17.7 Å². The topological polar surface area (TPSA) is 225 Å². The Morgan fingerprint density at radius 3 is 1.85 bits per heavy atom. The first-order valence-corrected chi connectivity index (χ1v) is 23.2. The van der Waals surface area contributed by atoms with Gasteiger partial charge in [0.25, 0.3) is 0 Å². The summed E-state index contributed by atoms with van der Waals surface area (Å²) in [7, 11) is -3.99. The quantitative estimate of drug-likeness (QED) is 0.0590. The first kappa shape index (κ1) is 52.0. The van der Waals surface area contributed by atoms with Gasteiger partial charge >= 0.3 is 18.0 Å². The number of carbonyl (C=O) groups is 6. The Kier molecular flexibility index (Phi) is 18.5. The molecule has 17 heteroatoms. The number of nitrogens with zero attached hydrogens (tertiary/aromatic N) is 1. The van der Waals surface area contributed by atoms with Crippen LogP contribution < -0.4 is 21.3 Å². The van der Waals surface area contributed by atoms with Gasteiger partial charge in [0.15, 0.2) is 9.84 Å². The van der Waals surface area contributed by atoms with Crippen LogP contribution in [0.15, 0.2) is 113 Å². The molecule has 0 aliphatic heterocycles. The van der Waals surface area contributed by atoms with Crippen molar-refractivity contribution in [3.63, 3.8) is 0 Å². The molecule has 4 atom stereocenters. The Bertz CT molecular complexity index is 2450. The second kappa shape index (κ2) is 23.5. The van der Waals surface area contributed by atoms with E-state index in [-0.39, 0.29) is 24.3 Å². The lowest BCUT2D eigenvalue weighted by molar-refractivity contribution is -0.157. The van der Waals surface area contributed by atoms with Gasteiger partial charge in [-0.25, -0.2) is 13.2 Å². The molecule has 354 valence electrons. The van der Waals surface area contributed by atoms with Crippen LogP contribution in [0.3, 0.4) is 0 Å². The zero-order valence-corrected chi connectivity index (χ0v) is 39.5. The third-order valence-electron chi connectivity index (χ3n) is 9.53.